The zero-order chi connectivity index (χ0) is 21.1. The van der Waals surface area contributed by atoms with Gasteiger partial charge in [0.25, 0.3) is 5.91 Å². The van der Waals surface area contributed by atoms with E-state index in [0.717, 1.165) is 16.2 Å². The van der Waals surface area contributed by atoms with Crippen molar-refractivity contribution in [3.8, 4) is 0 Å². The van der Waals surface area contributed by atoms with Crippen molar-refractivity contribution in [1.29, 1.82) is 0 Å². The van der Waals surface area contributed by atoms with Gasteiger partial charge in [0.15, 0.2) is 0 Å². The van der Waals surface area contributed by atoms with Crippen molar-refractivity contribution in [2.75, 3.05) is 23.9 Å². The number of carbonyl (C=O) groups excluding carboxylic acids is 2. The Morgan fingerprint density at radius 2 is 1.83 bits per heavy atom. The molecule has 3 rings (SSSR count). The minimum absolute atomic E-state index is 0.222. The largest absolute Gasteiger partial charge is 0.481 e. The zero-order valence-electron chi connectivity index (χ0n) is 16.2. The molecular formula is C21H22FN3O4. The first kappa shape index (κ1) is 20.3. The van der Waals surface area contributed by atoms with Crippen LogP contribution < -0.4 is 15.1 Å². The molecule has 7 nitrogen and oxygen atoms in total. The molecule has 2 aromatic carbocycles. The van der Waals surface area contributed by atoms with Gasteiger partial charge in [0.2, 0.25) is 0 Å². The SMILES string of the molecule is CN(C)c1ccc(CCc2cc(N3C(=O)NC(CC(=O)O)C3=O)ccc2F)cc1. The number of halogens is 1. The molecule has 0 aliphatic carbocycles. The number of carboxylic acids is 1. The fraction of sp³-hybridized carbons (Fsp3) is 0.286. The molecule has 0 saturated carbocycles. The van der Waals surface area contributed by atoms with Gasteiger partial charge in [-0.2, -0.15) is 0 Å². The number of hydrogen-bond acceptors (Lipinski definition) is 4. The Balaban J connectivity index is 1.75. The maximum atomic E-state index is 14.3. The van der Waals surface area contributed by atoms with E-state index in [-0.39, 0.29) is 5.69 Å². The van der Waals surface area contributed by atoms with Crippen molar-refractivity contribution in [3.05, 3.63) is 59.4 Å². The minimum atomic E-state index is -1.19. The van der Waals surface area contributed by atoms with Gasteiger partial charge in [0.05, 0.1) is 12.1 Å². The van der Waals surface area contributed by atoms with Crippen LogP contribution in [0.15, 0.2) is 42.5 Å². The van der Waals surface area contributed by atoms with Gasteiger partial charge >= 0.3 is 12.0 Å². The number of urea groups is 1. The highest BCUT2D eigenvalue weighted by molar-refractivity contribution is 6.21. The van der Waals surface area contributed by atoms with Gasteiger partial charge in [-0.05, 0) is 54.3 Å². The molecule has 3 amide bonds. The van der Waals surface area contributed by atoms with E-state index in [1.165, 1.54) is 18.2 Å². The first-order valence-corrected chi connectivity index (χ1v) is 9.17. The molecule has 2 aromatic rings. The van der Waals surface area contributed by atoms with E-state index < -0.39 is 36.2 Å². The Hall–Kier alpha value is -3.42. The van der Waals surface area contributed by atoms with Crippen LogP contribution >= 0.6 is 0 Å². The number of nitrogens with one attached hydrogen (secondary N) is 1. The lowest BCUT2D eigenvalue weighted by atomic mass is 10.0. The summed E-state index contributed by atoms with van der Waals surface area (Å²) in [6.07, 6.45) is 0.483. The fourth-order valence-corrected chi connectivity index (χ4v) is 3.22. The Morgan fingerprint density at radius 1 is 1.14 bits per heavy atom. The van der Waals surface area contributed by atoms with Crippen molar-refractivity contribution in [2.45, 2.75) is 25.3 Å². The molecule has 1 aliphatic rings. The molecule has 1 atom stereocenters. The smallest absolute Gasteiger partial charge is 0.329 e. The summed E-state index contributed by atoms with van der Waals surface area (Å²) in [5.41, 5.74) is 2.70. The van der Waals surface area contributed by atoms with Crippen LogP contribution in [-0.4, -0.2) is 43.2 Å². The molecule has 0 bridgehead atoms. The lowest BCUT2D eigenvalue weighted by molar-refractivity contribution is -0.139. The summed E-state index contributed by atoms with van der Waals surface area (Å²) in [5, 5.41) is 11.2. The first-order chi connectivity index (χ1) is 13.8. The van der Waals surface area contributed by atoms with Gasteiger partial charge < -0.3 is 15.3 Å². The van der Waals surface area contributed by atoms with Crippen LogP contribution in [0.25, 0.3) is 0 Å². The molecule has 2 N–H and O–H groups in total. The van der Waals surface area contributed by atoms with Gasteiger partial charge in [-0.25, -0.2) is 14.1 Å². The third kappa shape index (κ3) is 4.53. The van der Waals surface area contributed by atoms with Crippen molar-refractivity contribution in [1.82, 2.24) is 5.32 Å². The number of aliphatic carboxylic acids is 1. The molecule has 1 saturated heterocycles. The number of nitrogens with zero attached hydrogens (tertiary/aromatic N) is 2. The van der Waals surface area contributed by atoms with E-state index >= 15 is 0 Å². The van der Waals surface area contributed by atoms with Gasteiger partial charge in [0.1, 0.15) is 11.9 Å². The van der Waals surface area contributed by atoms with E-state index in [9.17, 15) is 18.8 Å². The molecule has 0 aromatic heterocycles. The first-order valence-electron chi connectivity index (χ1n) is 9.17. The van der Waals surface area contributed by atoms with Crippen LogP contribution in [0.1, 0.15) is 17.5 Å². The number of anilines is 2. The number of carbonyl (C=O) groups is 3. The van der Waals surface area contributed by atoms with Gasteiger partial charge in [0, 0.05) is 19.8 Å². The Kier molecular flexibility index (Phi) is 5.81. The summed E-state index contributed by atoms with van der Waals surface area (Å²) in [7, 11) is 3.90. The molecule has 8 heteroatoms. The highest BCUT2D eigenvalue weighted by Gasteiger charge is 2.40. The molecule has 152 valence electrons. The van der Waals surface area contributed by atoms with Crippen molar-refractivity contribution in [3.63, 3.8) is 0 Å². The second kappa shape index (κ2) is 8.30. The maximum absolute atomic E-state index is 14.3. The number of carboxylic acid groups (broad SMARTS) is 1. The monoisotopic (exact) mass is 399 g/mol. The fourth-order valence-electron chi connectivity index (χ4n) is 3.22. The third-order valence-electron chi connectivity index (χ3n) is 4.82. The molecule has 1 heterocycles. The number of hydrogen-bond donors (Lipinski definition) is 2. The second-order valence-corrected chi connectivity index (χ2v) is 7.11. The number of rotatable bonds is 7. The number of aryl methyl sites for hydroxylation is 2. The third-order valence-corrected chi connectivity index (χ3v) is 4.82. The highest BCUT2D eigenvalue weighted by atomic mass is 19.1. The number of imide groups is 1. The second-order valence-electron chi connectivity index (χ2n) is 7.11. The van der Waals surface area contributed by atoms with Gasteiger partial charge in [-0.3, -0.25) is 9.59 Å². The van der Waals surface area contributed by atoms with Crippen LogP contribution in [0, 0.1) is 5.82 Å². The zero-order valence-corrected chi connectivity index (χ0v) is 16.2. The summed E-state index contributed by atoms with van der Waals surface area (Å²) >= 11 is 0. The summed E-state index contributed by atoms with van der Waals surface area (Å²) in [6.45, 7) is 0. The average Bonchev–Trinajstić information content (AvgIpc) is 2.94. The molecule has 29 heavy (non-hydrogen) atoms. The standard InChI is InChI=1S/C21H22FN3O4/c1-24(2)15-7-4-13(5-8-15)3-6-14-11-16(9-10-17(14)22)25-20(28)18(12-19(26)27)23-21(25)29/h4-5,7-11,18H,3,6,12H2,1-2H3,(H,23,29)(H,26,27). The molecule has 1 unspecified atom stereocenters. The van der Waals surface area contributed by atoms with Crippen LogP contribution in [0.4, 0.5) is 20.6 Å². The molecule has 1 fully saturated rings. The summed E-state index contributed by atoms with van der Waals surface area (Å²) in [6, 6.07) is 10.1. The predicted octanol–water partition coefficient (Wildman–Crippen LogP) is 2.58. The predicted molar refractivity (Wildman–Crippen MR) is 107 cm³/mol. The van der Waals surface area contributed by atoms with Crippen LogP contribution in [0.5, 0.6) is 0 Å². The molecule has 0 radical (unpaired) electrons. The quantitative estimate of drug-likeness (QED) is 0.699. The van der Waals surface area contributed by atoms with Crippen molar-refractivity contribution in [2.24, 2.45) is 0 Å². The summed E-state index contributed by atoms with van der Waals surface area (Å²) in [5.74, 6) is -2.27. The van der Waals surface area contributed by atoms with Gasteiger partial charge in [-0.1, -0.05) is 12.1 Å². The molecule has 1 aliphatic heterocycles. The van der Waals surface area contributed by atoms with E-state index in [0.29, 0.717) is 18.4 Å². The average molecular weight is 399 g/mol. The Bertz CT molecular complexity index is 943. The number of benzene rings is 2. The topological polar surface area (TPSA) is 89.9 Å². The minimum Gasteiger partial charge on any atom is -0.481 e. The van der Waals surface area contributed by atoms with E-state index in [1.54, 1.807) is 0 Å². The highest BCUT2D eigenvalue weighted by Crippen LogP contribution is 2.24. The van der Waals surface area contributed by atoms with Crippen molar-refractivity contribution >= 4 is 29.3 Å². The summed E-state index contributed by atoms with van der Waals surface area (Å²) in [4.78, 5) is 38.2. The van der Waals surface area contributed by atoms with E-state index in [4.69, 9.17) is 5.11 Å². The lowest BCUT2D eigenvalue weighted by Gasteiger charge is -2.15. The van der Waals surface area contributed by atoms with Crippen LogP contribution in [0.3, 0.4) is 0 Å². The van der Waals surface area contributed by atoms with Crippen LogP contribution in [0.2, 0.25) is 0 Å². The van der Waals surface area contributed by atoms with E-state index in [2.05, 4.69) is 5.32 Å². The lowest BCUT2D eigenvalue weighted by Crippen LogP contribution is -2.32. The number of amides is 3. The molecule has 0 spiro atoms. The Labute approximate surface area is 167 Å². The normalized spacial score (nSPS) is 16.1. The van der Waals surface area contributed by atoms with E-state index in [1.807, 2.05) is 43.3 Å². The van der Waals surface area contributed by atoms with Gasteiger partial charge in [-0.15, -0.1) is 0 Å². The van der Waals surface area contributed by atoms with Crippen LogP contribution in [-0.2, 0) is 22.4 Å². The Morgan fingerprint density at radius 3 is 2.45 bits per heavy atom. The summed E-state index contributed by atoms with van der Waals surface area (Å²) < 4.78 is 14.3. The molecular weight excluding hydrogens is 377 g/mol. The van der Waals surface area contributed by atoms with Crippen molar-refractivity contribution < 1.29 is 23.9 Å². The maximum Gasteiger partial charge on any atom is 0.329 e.